The van der Waals surface area contributed by atoms with E-state index in [1.165, 1.54) is 25.7 Å². The van der Waals surface area contributed by atoms with Crippen LogP contribution >= 0.6 is 0 Å². The summed E-state index contributed by atoms with van der Waals surface area (Å²) in [6.07, 6.45) is 6.34. The summed E-state index contributed by atoms with van der Waals surface area (Å²) in [5.74, 6) is 0.697. The standard InChI is InChI=1S/C10H21NO/c1-3-10(11,8-12-2)9-6-4-5-7-9/h9H,3-8,11H2,1-2H3. The van der Waals surface area contributed by atoms with E-state index >= 15 is 0 Å². The molecule has 1 rings (SSSR count). The molecule has 2 nitrogen and oxygen atoms in total. The van der Waals surface area contributed by atoms with Crippen LogP contribution in [0.25, 0.3) is 0 Å². The quantitative estimate of drug-likeness (QED) is 0.701. The lowest BCUT2D eigenvalue weighted by Gasteiger charge is -2.33. The summed E-state index contributed by atoms with van der Waals surface area (Å²) in [4.78, 5) is 0. The van der Waals surface area contributed by atoms with Gasteiger partial charge in [-0.2, -0.15) is 0 Å². The third-order valence-corrected chi connectivity index (χ3v) is 3.24. The number of ether oxygens (including phenoxy) is 1. The molecule has 0 aliphatic heterocycles. The first-order valence-corrected chi connectivity index (χ1v) is 5.00. The second-order valence-corrected chi connectivity index (χ2v) is 4.00. The molecule has 0 spiro atoms. The third-order valence-electron chi connectivity index (χ3n) is 3.24. The van der Waals surface area contributed by atoms with Gasteiger partial charge in [-0.3, -0.25) is 0 Å². The molecule has 1 unspecified atom stereocenters. The van der Waals surface area contributed by atoms with Crippen LogP contribution in [0.15, 0.2) is 0 Å². The molecule has 0 bridgehead atoms. The number of hydrogen-bond donors (Lipinski definition) is 1. The van der Waals surface area contributed by atoms with Gasteiger partial charge in [0.2, 0.25) is 0 Å². The van der Waals surface area contributed by atoms with Gasteiger partial charge >= 0.3 is 0 Å². The Morgan fingerprint density at radius 3 is 2.42 bits per heavy atom. The Kier molecular flexibility index (Phi) is 3.53. The lowest BCUT2D eigenvalue weighted by Crippen LogP contribution is -2.49. The summed E-state index contributed by atoms with van der Waals surface area (Å²) >= 11 is 0. The van der Waals surface area contributed by atoms with Gasteiger partial charge in [0.15, 0.2) is 0 Å². The predicted molar refractivity (Wildman–Crippen MR) is 51.0 cm³/mol. The number of methoxy groups -OCH3 is 1. The molecule has 0 aromatic rings. The van der Waals surface area contributed by atoms with Crippen molar-refractivity contribution in [2.75, 3.05) is 13.7 Å². The fraction of sp³-hybridized carbons (Fsp3) is 1.00. The van der Waals surface area contributed by atoms with E-state index in [0.717, 1.165) is 6.42 Å². The van der Waals surface area contributed by atoms with Crippen molar-refractivity contribution in [1.82, 2.24) is 0 Å². The van der Waals surface area contributed by atoms with Crippen molar-refractivity contribution >= 4 is 0 Å². The van der Waals surface area contributed by atoms with Gasteiger partial charge in [0.1, 0.15) is 0 Å². The Morgan fingerprint density at radius 2 is 2.00 bits per heavy atom. The zero-order valence-corrected chi connectivity index (χ0v) is 8.31. The fourth-order valence-electron chi connectivity index (χ4n) is 2.28. The zero-order valence-electron chi connectivity index (χ0n) is 8.31. The van der Waals surface area contributed by atoms with Crippen LogP contribution in [0.5, 0.6) is 0 Å². The molecule has 1 aliphatic rings. The van der Waals surface area contributed by atoms with Crippen molar-refractivity contribution in [2.24, 2.45) is 11.7 Å². The van der Waals surface area contributed by atoms with Crippen LogP contribution in [0, 0.1) is 5.92 Å². The number of rotatable bonds is 4. The minimum absolute atomic E-state index is 0.0503. The Balaban J connectivity index is 2.51. The molecule has 1 fully saturated rings. The van der Waals surface area contributed by atoms with E-state index in [4.69, 9.17) is 10.5 Å². The maximum Gasteiger partial charge on any atom is 0.0645 e. The number of nitrogens with two attached hydrogens (primary N) is 1. The molecule has 2 N–H and O–H groups in total. The maximum atomic E-state index is 6.29. The lowest BCUT2D eigenvalue weighted by molar-refractivity contribution is 0.0930. The summed E-state index contributed by atoms with van der Waals surface area (Å²) < 4.78 is 5.19. The first kappa shape index (κ1) is 10.0. The molecule has 0 heterocycles. The number of hydrogen-bond acceptors (Lipinski definition) is 2. The van der Waals surface area contributed by atoms with Crippen LogP contribution in [0.4, 0.5) is 0 Å². The molecule has 0 amide bonds. The SMILES string of the molecule is CCC(N)(COC)C1CCCC1. The van der Waals surface area contributed by atoms with Crippen molar-refractivity contribution in [3.05, 3.63) is 0 Å². The van der Waals surface area contributed by atoms with Gasteiger partial charge in [0, 0.05) is 12.6 Å². The molecule has 1 atom stereocenters. The highest BCUT2D eigenvalue weighted by molar-refractivity contribution is 4.92. The molecular weight excluding hydrogens is 150 g/mol. The molecule has 1 saturated carbocycles. The first-order chi connectivity index (χ1) is 5.73. The van der Waals surface area contributed by atoms with E-state index in [0.29, 0.717) is 12.5 Å². The second kappa shape index (κ2) is 4.24. The topological polar surface area (TPSA) is 35.2 Å². The Labute approximate surface area is 75.5 Å². The predicted octanol–water partition coefficient (Wildman–Crippen LogP) is 1.93. The summed E-state index contributed by atoms with van der Waals surface area (Å²) in [6, 6.07) is 0. The Hall–Kier alpha value is -0.0800. The molecule has 2 heteroatoms. The van der Waals surface area contributed by atoms with Crippen molar-refractivity contribution in [3.8, 4) is 0 Å². The van der Waals surface area contributed by atoms with E-state index in [-0.39, 0.29) is 5.54 Å². The highest BCUT2D eigenvalue weighted by Crippen LogP contribution is 2.34. The van der Waals surface area contributed by atoms with Crippen LogP contribution in [0.1, 0.15) is 39.0 Å². The van der Waals surface area contributed by atoms with Gasteiger partial charge in [-0.05, 0) is 25.2 Å². The smallest absolute Gasteiger partial charge is 0.0645 e. The van der Waals surface area contributed by atoms with Gasteiger partial charge in [0.05, 0.1) is 6.61 Å². The minimum atomic E-state index is -0.0503. The molecule has 72 valence electrons. The molecular formula is C10H21NO. The highest BCUT2D eigenvalue weighted by Gasteiger charge is 2.34. The van der Waals surface area contributed by atoms with Gasteiger partial charge < -0.3 is 10.5 Å². The van der Waals surface area contributed by atoms with Crippen LogP contribution in [-0.2, 0) is 4.74 Å². The van der Waals surface area contributed by atoms with Crippen molar-refractivity contribution < 1.29 is 4.74 Å². The van der Waals surface area contributed by atoms with Crippen molar-refractivity contribution in [1.29, 1.82) is 0 Å². The summed E-state index contributed by atoms with van der Waals surface area (Å²) in [5.41, 5.74) is 6.24. The molecule has 0 radical (unpaired) electrons. The van der Waals surface area contributed by atoms with Gasteiger partial charge in [-0.15, -0.1) is 0 Å². The Bertz CT molecular complexity index is 132. The highest BCUT2D eigenvalue weighted by atomic mass is 16.5. The summed E-state index contributed by atoms with van der Waals surface area (Å²) in [7, 11) is 1.74. The van der Waals surface area contributed by atoms with E-state index in [9.17, 15) is 0 Å². The average Bonchev–Trinajstić information content (AvgIpc) is 2.57. The maximum absolute atomic E-state index is 6.29. The molecule has 12 heavy (non-hydrogen) atoms. The normalized spacial score (nSPS) is 24.2. The van der Waals surface area contributed by atoms with Crippen molar-refractivity contribution in [2.45, 2.75) is 44.6 Å². The van der Waals surface area contributed by atoms with Crippen molar-refractivity contribution in [3.63, 3.8) is 0 Å². The van der Waals surface area contributed by atoms with E-state index in [1.54, 1.807) is 7.11 Å². The Morgan fingerprint density at radius 1 is 1.42 bits per heavy atom. The molecule has 0 aromatic carbocycles. The van der Waals surface area contributed by atoms with E-state index in [1.807, 2.05) is 0 Å². The summed E-state index contributed by atoms with van der Waals surface area (Å²) in [5, 5.41) is 0. The van der Waals surface area contributed by atoms with Gasteiger partial charge in [-0.1, -0.05) is 19.8 Å². The fourth-order valence-corrected chi connectivity index (χ4v) is 2.28. The van der Waals surface area contributed by atoms with Crippen LogP contribution < -0.4 is 5.73 Å². The third kappa shape index (κ3) is 1.99. The molecule has 0 saturated heterocycles. The molecule has 0 aromatic heterocycles. The van der Waals surface area contributed by atoms with Gasteiger partial charge in [-0.25, -0.2) is 0 Å². The van der Waals surface area contributed by atoms with E-state index < -0.39 is 0 Å². The summed E-state index contributed by atoms with van der Waals surface area (Å²) in [6.45, 7) is 2.88. The van der Waals surface area contributed by atoms with Crippen LogP contribution in [0.3, 0.4) is 0 Å². The molecule has 1 aliphatic carbocycles. The van der Waals surface area contributed by atoms with Crippen LogP contribution in [-0.4, -0.2) is 19.3 Å². The zero-order chi connectivity index (χ0) is 9.03. The largest absolute Gasteiger partial charge is 0.383 e. The monoisotopic (exact) mass is 171 g/mol. The first-order valence-electron chi connectivity index (χ1n) is 5.00. The second-order valence-electron chi connectivity index (χ2n) is 4.00. The van der Waals surface area contributed by atoms with Crippen LogP contribution in [0.2, 0.25) is 0 Å². The van der Waals surface area contributed by atoms with E-state index in [2.05, 4.69) is 6.92 Å². The average molecular weight is 171 g/mol. The minimum Gasteiger partial charge on any atom is -0.383 e. The lowest BCUT2D eigenvalue weighted by atomic mass is 9.82. The van der Waals surface area contributed by atoms with Gasteiger partial charge in [0.25, 0.3) is 0 Å².